The van der Waals surface area contributed by atoms with Crippen LogP contribution in [0.25, 0.3) is 6.08 Å². The molecular formula is C17H24O6. The molecule has 6 nitrogen and oxygen atoms in total. The molecule has 0 saturated carbocycles. The fourth-order valence-corrected chi connectivity index (χ4v) is 2.00. The molecule has 0 aliphatic carbocycles. The summed E-state index contributed by atoms with van der Waals surface area (Å²) in [6, 6.07) is 1.67. The van der Waals surface area contributed by atoms with Crippen molar-refractivity contribution in [3.05, 3.63) is 17.7 Å². The maximum atomic E-state index is 11.7. The van der Waals surface area contributed by atoms with E-state index in [-0.39, 0.29) is 0 Å². The number of unbranched alkanes of at least 4 members (excludes halogenated alkanes) is 1. The SMILES string of the molecule is CCCCOC(=O)C=Cc1c(OC)cc(OC)c(OC)c1OC. The molecule has 0 atom stereocenters. The molecule has 1 aromatic rings. The molecule has 128 valence electrons. The van der Waals surface area contributed by atoms with Crippen molar-refractivity contribution in [2.24, 2.45) is 0 Å². The minimum atomic E-state index is -0.419. The van der Waals surface area contributed by atoms with Gasteiger partial charge < -0.3 is 23.7 Å². The highest BCUT2D eigenvalue weighted by Gasteiger charge is 2.20. The van der Waals surface area contributed by atoms with E-state index >= 15 is 0 Å². The molecule has 0 radical (unpaired) electrons. The van der Waals surface area contributed by atoms with Crippen LogP contribution in [0, 0.1) is 0 Å². The largest absolute Gasteiger partial charge is 0.496 e. The number of ether oxygens (including phenoxy) is 5. The molecule has 0 aliphatic rings. The highest BCUT2D eigenvalue weighted by Crippen LogP contribution is 2.45. The maximum absolute atomic E-state index is 11.7. The van der Waals surface area contributed by atoms with Crippen molar-refractivity contribution in [1.29, 1.82) is 0 Å². The van der Waals surface area contributed by atoms with Gasteiger partial charge in [0.1, 0.15) is 5.75 Å². The summed E-state index contributed by atoms with van der Waals surface area (Å²) >= 11 is 0. The van der Waals surface area contributed by atoms with Crippen molar-refractivity contribution < 1.29 is 28.5 Å². The third-order valence-corrected chi connectivity index (χ3v) is 3.18. The Bertz CT molecular complexity index is 551. The molecule has 1 rings (SSSR count). The Balaban J connectivity index is 3.15. The van der Waals surface area contributed by atoms with E-state index in [4.69, 9.17) is 23.7 Å². The highest BCUT2D eigenvalue weighted by molar-refractivity contribution is 5.89. The monoisotopic (exact) mass is 324 g/mol. The van der Waals surface area contributed by atoms with Crippen molar-refractivity contribution in [1.82, 2.24) is 0 Å². The molecule has 23 heavy (non-hydrogen) atoms. The van der Waals surface area contributed by atoms with Crippen LogP contribution < -0.4 is 18.9 Å². The van der Waals surface area contributed by atoms with Crippen molar-refractivity contribution >= 4 is 12.0 Å². The second kappa shape index (κ2) is 9.61. The topological polar surface area (TPSA) is 63.2 Å². The van der Waals surface area contributed by atoms with E-state index in [2.05, 4.69) is 0 Å². The molecule has 0 amide bonds. The summed E-state index contributed by atoms with van der Waals surface area (Å²) in [6.45, 7) is 2.43. The number of rotatable bonds is 9. The number of carbonyl (C=O) groups is 1. The molecule has 0 aliphatic heterocycles. The molecule has 0 unspecified atom stereocenters. The van der Waals surface area contributed by atoms with Gasteiger partial charge in [-0.05, 0) is 12.5 Å². The number of esters is 1. The third kappa shape index (κ3) is 4.81. The van der Waals surface area contributed by atoms with Crippen LogP contribution >= 0.6 is 0 Å². The predicted octanol–water partition coefficient (Wildman–Crippen LogP) is 3.08. The smallest absolute Gasteiger partial charge is 0.330 e. The Morgan fingerprint density at radius 3 is 2.17 bits per heavy atom. The molecule has 1 aromatic carbocycles. The van der Waals surface area contributed by atoms with E-state index < -0.39 is 5.97 Å². The quantitative estimate of drug-likeness (QED) is 0.395. The van der Waals surface area contributed by atoms with E-state index in [0.717, 1.165) is 12.8 Å². The average Bonchev–Trinajstić information content (AvgIpc) is 2.58. The van der Waals surface area contributed by atoms with Gasteiger partial charge in [-0.3, -0.25) is 0 Å². The number of carbonyl (C=O) groups excluding carboxylic acids is 1. The standard InChI is InChI=1S/C17H24O6/c1-6-7-10-23-15(18)9-8-12-13(19-2)11-14(20-3)17(22-5)16(12)21-4/h8-9,11H,6-7,10H2,1-5H3. The van der Waals surface area contributed by atoms with E-state index in [1.165, 1.54) is 34.5 Å². The lowest BCUT2D eigenvalue weighted by molar-refractivity contribution is -0.137. The average molecular weight is 324 g/mol. The zero-order valence-electron chi connectivity index (χ0n) is 14.3. The molecule has 0 heterocycles. The van der Waals surface area contributed by atoms with Crippen LogP contribution in [0.4, 0.5) is 0 Å². The van der Waals surface area contributed by atoms with Crippen LogP contribution in [0.15, 0.2) is 12.1 Å². The lowest BCUT2D eigenvalue weighted by Crippen LogP contribution is -2.03. The maximum Gasteiger partial charge on any atom is 0.330 e. The zero-order chi connectivity index (χ0) is 17.2. The van der Waals surface area contributed by atoms with Crippen LogP contribution in [0.3, 0.4) is 0 Å². The lowest BCUT2D eigenvalue weighted by Gasteiger charge is -2.17. The summed E-state index contributed by atoms with van der Waals surface area (Å²) in [7, 11) is 6.07. The first-order valence-corrected chi connectivity index (χ1v) is 7.34. The van der Waals surface area contributed by atoms with Gasteiger partial charge in [0.15, 0.2) is 11.5 Å². The molecule has 0 bridgehead atoms. The normalized spacial score (nSPS) is 10.5. The summed E-state index contributed by atoms with van der Waals surface area (Å²) in [6.07, 6.45) is 4.72. The van der Waals surface area contributed by atoms with Gasteiger partial charge in [-0.15, -0.1) is 0 Å². The minimum Gasteiger partial charge on any atom is -0.496 e. The van der Waals surface area contributed by atoms with Gasteiger partial charge in [-0.25, -0.2) is 4.79 Å². The van der Waals surface area contributed by atoms with Gasteiger partial charge in [0.2, 0.25) is 5.75 Å². The van der Waals surface area contributed by atoms with Crippen molar-refractivity contribution in [3.63, 3.8) is 0 Å². The molecule has 0 fully saturated rings. The van der Waals surface area contributed by atoms with Gasteiger partial charge >= 0.3 is 5.97 Å². The molecule has 0 N–H and O–H groups in total. The molecule has 0 saturated heterocycles. The second-order valence-corrected chi connectivity index (χ2v) is 4.62. The Labute approximate surface area is 136 Å². The fraction of sp³-hybridized carbons (Fsp3) is 0.471. The summed E-state index contributed by atoms with van der Waals surface area (Å²) in [5.74, 6) is 1.40. The lowest BCUT2D eigenvalue weighted by atomic mass is 10.1. The Morgan fingerprint density at radius 2 is 1.65 bits per heavy atom. The van der Waals surface area contributed by atoms with Gasteiger partial charge in [0, 0.05) is 12.1 Å². The van der Waals surface area contributed by atoms with Gasteiger partial charge in [-0.1, -0.05) is 13.3 Å². The van der Waals surface area contributed by atoms with E-state index in [9.17, 15) is 4.79 Å². The number of methoxy groups -OCH3 is 4. The van der Waals surface area contributed by atoms with Crippen molar-refractivity contribution in [3.8, 4) is 23.0 Å². The molecule has 0 aromatic heterocycles. The van der Waals surface area contributed by atoms with Gasteiger partial charge in [0.25, 0.3) is 0 Å². The van der Waals surface area contributed by atoms with E-state index in [1.54, 1.807) is 12.1 Å². The van der Waals surface area contributed by atoms with Crippen molar-refractivity contribution in [2.45, 2.75) is 19.8 Å². The minimum absolute atomic E-state index is 0.403. The summed E-state index contributed by atoms with van der Waals surface area (Å²) in [5, 5.41) is 0. The van der Waals surface area contributed by atoms with Crippen LogP contribution in [0.5, 0.6) is 23.0 Å². The summed E-state index contributed by atoms with van der Waals surface area (Å²) in [4.78, 5) is 11.7. The number of benzene rings is 1. The van der Waals surface area contributed by atoms with Gasteiger partial charge in [0.05, 0.1) is 40.6 Å². The van der Waals surface area contributed by atoms with Gasteiger partial charge in [-0.2, -0.15) is 0 Å². The molecule has 6 heteroatoms. The second-order valence-electron chi connectivity index (χ2n) is 4.62. The zero-order valence-corrected chi connectivity index (χ0v) is 14.3. The first-order chi connectivity index (χ1) is 11.1. The summed E-state index contributed by atoms with van der Waals surface area (Å²) in [5.41, 5.74) is 0.570. The highest BCUT2D eigenvalue weighted by atomic mass is 16.5. The van der Waals surface area contributed by atoms with Crippen LogP contribution in [-0.2, 0) is 9.53 Å². The number of hydrogen-bond donors (Lipinski definition) is 0. The summed E-state index contributed by atoms with van der Waals surface area (Å²) < 4.78 is 26.4. The molecule has 0 spiro atoms. The fourth-order valence-electron chi connectivity index (χ4n) is 2.00. The number of hydrogen-bond acceptors (Lipinski definition) is 6. The van der Waals surface area contributed by atoms with Crippen LogP contribution in [0.2, 0.25) is 0 Å². The Kier molecular flexibility index (Phi) is 7.80. The van der Waals surface area contributed by atoms with E-state index in [1.807, 2.05) is 6.92 Å². The Hall–Kier alpha value is -2.37. The van der Waals surface area contributed by atoms with E-state index in [0.29, 0.717) is 35.2 Å². The molecular weight excluding hydrogens is 300 g/mol. The third-order valence-electron chi connectivity index (χ3n) is 3.18. The predicted molar refractivity (Wildman–Crippen MR) is 87.6 cm³/mol. The van der Waals surface area contributed by atoms with Crippen molar-refractivity contribution in [2.75, 3.05) is 35.0 Å². The van der Waals surface area contributed by atoms with Crippen LogP contribution in [-0.4, -0.2) is 41.0 Å². The first-order valence-electron chi connectivity index (χ1n) is 7.34. The van der Waals surface area contributed by atoms with Crippen LogP contribution in [0.1, 0.15) is 25.3 Å². The first kappa shape index (κ1) is 18.7. The Morgan fingerprint density at radius 1 is 1.00 bits per heavy atom.